The highest BCUT2D eigenvalue weighted by Crippen LogP contribution is 2.20. The van der Waals surface area contributed by atoms with Crippen molar-refractivity contribution < 1.29 is 9.50 Å². The molecule has 96 valence electrons. The van der Waals surface area contributed by atoms with Crippen LogP contribution < -0.4 is 10.6 Å². The van der Waals surface area contributed by atoms with Crippen molar-refractivity contribution >= 4 is 5.69 Å². The van der Waals surface area contributed by atoms with Gasteiger partial charge in [0.2, 0.25) is 0 Å². The van der Waals surface area contributed by atoms with Crippen LogP contribution in [0.5, 0.6) is 0 Å². The Hall–Kier alpha value is -1.13. The Morgan fingerprint density at radius 1 is 1.29 bits per heavy atom. The molecule has 0 amide bonds. The van der Waals surface area contributed by atoms with Crippen molar-refractivity contribution in [1.82, 2.24) is 0 Å². The van der Waals surface area contributed by atoms with Gasteiger partial charge in [-0.1, -0.05) is 0 Å². The van der Waals surface area contributed by atoms with Crippen molar-refractivity contribution in [2.24, 2.45) is 5.73 Å². The molecule has 3 nitrogen and oxygen atoms in total. The summed E-state index contributed by atoms with van der Waals surface area (Å²) in [6, 6.07) is 4.71. The van der Waals surface area contributed by atoms with Gasteiger partial charge in [-0.25, -0.2) is 4.39 Å². The molecule has 0 unspecified atom stereocenters. The molecular formula is C13H21FN2O. The largest absolute Gasteiger partial charge is 0.396 e. The maximum Gasteiger partial charge on any atom is 0.123 e. The molecule has 0 aliphatic heterocycles. The summed E-state index contributed by atoms with van der Waals surface area (Å²) in [7, 11) is 1.98. The van der Waals surface area contributed by atoms with Crippen LogP contribution >= 0.6 is 0 Å². The van der Waals surface area contributed by atoms with Gasteiger partial charge in [-0.05, 0) is 43.0 Å². The van der Waals surface area contributed by atoms with Crippen molar-refractivity contribution in [2.75, 3.05) is 25.1 Å². The van der Waals surface area contributed by atoms with Crippen LogP contribution in [0.2, 0.25) is 0 Å². The maximum absolute atomic E-state index is 13.0. The van der Waals surface area contributed by atoms with Crippen molar-refractivity contribution in [3.05, 3.63) is 29.6 Å². The Labute approximate surface area is 102 Å². The number of hydrogen-bond donors (Lipinski definition) is 2. The zero-order valence-electron chi connectivity index (χ0n) is 10.3. The first-order chi connectivity index (χ1) is 8.19. The van der Waals surface area contributed by atoms with Gasteiger partial charge in [0, 0.05) is 32.4 Å². The fourth-order valence-electron chi connectivity index (χ4n) is 1.85. The summed E-state index contributed by atoms with van der Waals surface area (Å²) in [5, 5.41) is 8.69. The molecule has 1 rings (SSSR count). The summed E-state index contributed by atoms with van der Waals surface area (Å²) in [5.74, 6) is -0.247. The van der Waals surface area contributed by atoms with Crippen molar-refractivity contribution in [2.45, 2.75) is 25.8 Å². The SMILES string of the molecule is CN(CCCCCO)c1ccc(F)cc1CN. The Morgan fingerprint density at radius 2 is 2.06 bits per heavy atom. The molecule has 4 heteroatoms. The Bertz CT molecular complexity index is 344. The lowest BCUT2D eigenvalue weighted by atomic mass is 10.1. The Kier molecular flexibility index (Phi) is 5.94. The number of hydrogen-bond acceptors (Lipinski definition) is 3. The van der Waals surface area contributed by atoms with Gasteiger partial charge in [0.25, 0.3) is 0 Å². The van der Waals surface area contributed by atoms with E-state index >= 15 is 0 Å². The third-order valence-electron chi connectivity index (χ3n) is 2.82. The highest BCUT2D eigenvalue weighted by molar-refractivity contribution is 5.53. The molecule has 0 atom stereocenters. The lowest BCUT2D eigenvalue weighted by molar-refractivity contribution is 0.283. The first kappa shape index (κ1) is 13.9. The van der Waals surface area contributed by atoms with Gasteiger partial charge in [-0.3, -0.25) is 0 Å². The second kappa shape index (κ2) is 7.25. The number of benzene rings is 1. The van der Waals surface area contributed by atoms with E-state index in [1.165, 1.54) is 12.1 Å². The predicted molar refractivity (Wildman–Crippen MR) is 68.5 cm³/mol. The molecule has 17 heavy (non-hydrogen) atoms. The fourth-order valence-corrected chi connectivity index (χ4v) is 1.85. The highest BCUT2D eigenvalue weighted by Gasteiger charge is 2.07. The number of aliphatic hydroxyl groups is 1. The van der Waals surface area contributed by atoms with Crippen molar-refractivity contribution in [1.29, 1.82) is 0 Å². The Morgan fingerprint density at radius 3 is 2.71 bits per heavy atom. The van der Waals surface area contributed by atoms with E-state index in [2.05, 4.69) is 4.90 Å². The fraction of sp³-hybridized carbons (Fsp3) is 0.538. The molecule has 3 N–H and O–H groups in total. The Balaban J connectivity index is 2.58. The highest BCUT2D eigenvalue weighted by atomic mass is 19.1. The average Bonchev–Trinajstić information content (AvgIpc) is 2.34. The molecule has 0 heterocycles. The summed E-state index contributed by atoms with van der Waals surface area (Å²) in [6.45, 7) is 1.47. The van der Waals surface area contributed by atoms with Gasteiger partial charge in [0.1, 0.15) is 5.82 Å². The minimum absolute atomic E-state index is 0.244. The first-order valence-corrected chi connectivity index (χ1v) is 5.99. The molecule has 0 aromatic heterocycles. The minimum atomic E-state index is -0.247. The third kappa shape index (κ3) is 4.32. The van der Waals surface area contributed by atoms with E-state index in [0.717, 1.165) is 37.1 Å². The molecule has 0 aliphatic rings. The van der Waals surface area contributed by atoms with E-state index in [0.29, 0.717) is 6.54 Å². The van der Waals surface area contributed by atoms with Crippen LogP contribution in [0.25, 0.3) is 0 Å². The molecule has 0 radical (unpaired) electrons. The summed E-state index contributed by atoms with van der Waals surface area (Å²) < 4.78 is 13.0. The molecule has 0 aliphatic carbocycles. The van der Waals surface area contributed by atoms with Gasteiger partial charge in [0.15, 0.2) is 0 Å². The predicted octanol–water partition coefficient (Wildman–Crippen LogP) is 1.88. The second-order valence-corrected chi connectivity index (χ2v) is 4.18. The third-order valence-corrected chi connectivity index (χ3v) is 2.82. The van der Waals surface area contributed by atoms with Crippen LogP contribution in [-0.4, -0.2) is 25.3 Å². The quantitative estimate of drug-likeness (QED) is 0.715. The van der Waals surface area contributed by atoms with Crippen LogP contribution in [0.1, 0.15) is 24.8 Å². The summed E-state index contributed by atoms with van der Waals surface area (Å²) in [5.41, 5.74) is 7.42. The molecule has 1 aromatic carbocycles. The number of aliphatic hydroxyl groups excluding tert-OH is 1. The van der Waals surface area contributed by atoms with E-state index in [1.807, 2.05) is 7.05 Å². The molecule has 0 fully saturated rings. The maximum atomic E-state index is 13.0. The number of halogens is 1. The lowest BCUT2D eigenvalue weighted by Crippen LogP contribution is -2.21. The summed E-state index contributed by atoms with van der Waals surface area (Å²) in [6.07, 6.45) is 2.85. The smallest absolute Gasteiger partial charge is 0.123 e. The molecule has 0 saturated heterocycles. The molecule has 1 aromatic rings. The average molecular weight is 240 g/mol. The lowest BCUT2D eigenvalue weighted by Gasteiger charge is -2.22. The van der Waals surface area contributed by atoms with Crippen molar-refractivity contribution in [3.8, 4) is 0 Å². The zero-order chi connectivity index (χ0) is 12.7. The minimum Gasteiger partial charge on any atom is -0.396 e. The van der Waals surface area contributed by atoms with Crippen LogP contribution in [0.3, 0.4) is 0 Å². The number of anilines is 1. The molecule has 0 saturated carbocycles. The van der Waals surface area contributed by atoms with E-state index in [-0.39, 0.29) is 12.4 Å². The number of rotatable bonds is 7. The van der Waals surface area contributed by atoms with Crippen molar-refractivity contribution in [3.63, 3.8) is 0 Å². The van der Waals surface area contributed by atoms with Crippen LogP contribution in [-0.2, 0) is 6.54 Å². The summed E-state index contributed by atoms with van der Waals surface area (Å²) in [4.78, 5) is 2.08. The van der Waals surface area contributed by atoms with Gasteiger partial charge in [0.05, 0.1) is 0 Å². The van der Waals surface area contributed by atoms with Crippen LogP contribution in [0.4, 0.5) is 10.1 Å². The standard InChI is InChI=1S/C13H21FN2O/c1-16(7-3-2-4-8-17)13-6-5-12(14)9-11(13)10-15/h5-6,9,17H,2-4,7-8,10,15H2,1H3. The monoisotopic (exact) mass is 240 g/mol. The summed E-state index contributed by atoms with van der Waals surface area (Å²) >= 11 is 0. The van der Waals surface area contributed by atoms with Crippen LogP contribution in [0.15, 0.2) is 18.2 Å². The normalized spacial score (nSPS) is 10.6. The van der Waals surface area contributed by atoms with Gasteiger partial charge >= 0.3 is 0 Å². The van der Waals surface area contributed by atoms with E-state index in [1.54, 1.807) is 6.07 Å². The topological polar surface area (TPSA) is 49.5 Å². The van der Waals surface area contributed by atoms with E-state index in [4.69, 9.17) is 10.8 Å². The molecule has 0 bridgehead atoms. The number of nitrogens with zero attached hydrogens (tertiary/aromatic N) is 1. The number of nitrogens with two attached hydrogens (primary N) is 1. The second-order valence-electron chi connectivity index (χ2n) is 4.18. The first-order valence-electron chi connectivity index (χ1n) is 5.99. The molecular weight excluding hydrogens is 219 g/mol. The van der Waals surface area contributed by atoms with E-state index in [9.17, 15) is 4.39 Å². The van der Waals surface area contributed by atoms with Gasteiger partial charge in [-0.2, -0.15) is 0 Å². The van der Waals surface area contributed by atoms with Crippen LogP contribution in [0, 0.1) is 5.82 Å². The van der Waals surface area contributed by atoms with Gasteiger partial charge in [-0.15, -0.1) is 0 Å². The zero-order valence-corrected chi connectivity index (χ0v) is 10.3. The van der Waals surface area contributed by atoms with E-state index < -0.39 is 0 Å². The van der Waals surface area contributed by atoms with Gasteiger partial charge < -0.3 is 15.7 Å². The molecule has 0 spiro atoms. The number of unbranched alkanes of at least 4 members (excludes halogenated alkanes) is 2.